The van der Waals surface area contributed by atoms with Crippen molar-refractivity contribution in [2.24, 2.45) is 11.1 Å². The monoisotopic (exact) mass is 484 g/mol. The van der Waals surface area contributed by atoms with Crippen molar-refractivity contribution in [3.05, 3.63) is 53.6 Å². The van der Waals surface area contributed by atoms with Crippen LogP contribution >= 0.6 is 0 Å². The Bertz CT molecular complexity index is 955. The summed E-state index contributed by atoms with van der Waals surface area (Å²) in [7, 11) is 0. The van der Waals surface area contributed by atoms with Crippen LogP contribution in [0.3, 0.4) is 0 Å². The van der Waals surface area contributed by atoms with Crippen molar-refractivity contribution in [3.63, 3.8) is 0 Å². The fraction of sp³-hybridized carbons (Fsp3) is 0.481. The summed E-state index contributed by atoms with van der Waals surface area (Å²) in [6.07, 6.45) is 6.17. The number of rotatable bonds is 13. The summed E-state index contributed by atoms with van der Waals surface area (Å²) >= 11 is 0. The van der Waals surface area contributed by atoms with Gasteiger partial charge in [-0.15, -0.1) is 0 Å². The first-order valence-corrected chi connectivity index (χ1v) is 12.2. The second kappa shape index (κ2) is 13.6. The van der Waals surface area contributed by atoms with E-state index in [4.69, 9.17) is 19.4 Å². The zero-order chi connectivity index (χ0) is 25.0. The molecule has 0 aliphatic heterocycles. The van der Waals surface area contributed by atoms with Crippen LogP contribution in [0.25, 0.3) is 0 Å². The van der Waals surface area contributed by atoms with Crippen LogP contribution in [0.2, 0.25) is 0 Å². The van der Waals surface area contributed by atoms with E-state index in [-0.39, 0.29) is 23.9 Å². The van der Waals surface area contributed by atoms with Crippen molar-refractivity contribution in [2.45, 2.75) is 64.6 Å². The molecule has 0 bridgehead atoms. The molecule has 1 fully saturated rings. The van der Waals surface area contributed by atoms with E-state index in [0.29, 0.717) is 37.0 Å². The highest BCUT2D eigenvalue weighted by Gasteiger charge is 2.25. The molecule has 0 unspecified atom stereocenters. The van der Waals surface area contributed by atoms with Crippen LogP contribution < -0.4 is 14.8 Å². The summed E-state index contributed by atoms with van der Waals surface area (Å²) in [4.78, 5) is 12.7. The van der Waals surface area contributed by atoms with Gasteiger partial charge in [-0.1, -0.05) is 31.1 Å². The van der Waals surface area contributed by atoms with Crippen molar-refractivity contribution >= 4 is 12.2 Å². The van der Waals surface area contributed by atoms with Gasteiger partial charge in [-0.3, -0.25) is 4.79 Å². The average molecular weight is 485 g/mol. The molecule has 3 N–H and O–H groups in total. The molecule has 2 aromatic carbocycles. The van der Waals surface area contributed by atoms with E-state index in [1.54, 1.807) is 12.1 Å². The molecule has 1 atom stereocenters. The lowest BCUT2D eigenvalue weighted by atomic mass is 10.0. The van der Waals surface area contributed by atoms with Crippen LogP contribution in [-0.4, -0.2) is 47.9 Å². The minimum atomic E-state index is -0.312. The van der Waals surface area contributed by atoms with Crippen LogP contribution in [0.4, 0.5) is 0 Å². The Kier molecular flexibility index (Phi) is 10.2. The van der Waals surface area contributed by atoms with Gasteiger partial charge in [0, 0.05) is 12.1 Å². The molecule has 1 saturated carbocycles. The maximum atomic E-state index is 12.7. The van der Waals surface area contributed by atoms with Crippen molar-refractivity contribution in [1.29, 1.82) is 0 Å². The topological polar surface area (TPSA) is 110 Å². The minimum Gasteiger partial charge on any atom is -0.507 e. The van der Waals surface area contributed by atoms with E-state index in [1.807, 2.05) is 24.3 Å². The summed E-state index contributed by atoms with van der Waals surface area (Å²) < 4.78 is 17.1. The third-order valence-electron chi connectivity index (χ3n) is 5.87. The van der Waals surface area contributed by atoms with Gasteiger partial charge in [0.15, 0.2) is 0 Å². The van der Waals surface area contributed by atoms with Gasteiger partial charge in [0.05, 0.1) is 6.21 Å². The molecule has 1 aliphatic rings. The van der Waals surface area contributed by atoms with Crippen molar-refractivity contribution < 1.29 is 29.3 Å². The fourth-order valence-electron chi connectivity index (χ4n) is 4.04. The molecule has 1 aliphatic carbocycles. The highest BCUT2D eigenvalue weighted by atomic mass is 16.5. The minimum absolute atomic E-state index is 0.00205. The van der Waals surface area contributed by atoms with Gasteiger partial charge >= 0.3 is 5.97 Å². The summed E-state index contributed by atoms with van der Waals surface area (Å²) in [6.45, 7) is 5.44. The molecular weight excluding hydrogens is 448 g/mol. The molecule has 0 radical (unpaired) electrons. The highest BCUT2D eigenvalue weighted by Crippen LogP contribution is 2.23. The quantitative estimate of drug-likeness (QED) is 0.125. The summed E-state index contributed by atoms with van der Waals surface area (Å²) in [5.41, 5.74) is 1.41. The van der Waals surface area contributed by atoms with Crippen LogP contribution in [-0.2, 0) is 16.1 Å². The van der Waals surface area contributed by atoms with Gasteiger partial charge in [0.1, 0.15) is 42.6 Å². The van der Waals surface area contributed by atoms with Gasteiger partial charge in [0.2, 0.25) is 0 Å². The lowest BCUT2D eigenvalue weighted by Gasteiger charge is -2.22. The number of benzene rings is 2. The average Bonchev–Trinajstić information content (AvgIpc) is 3.35. The molecule has 190 valence electrons. The molecule has 2 aromatic rings. The number of carbonyl (C=O) groups excluding carboxylic acids is 1. The van der Waals surface area contributed by atoms with E-state index in [2.05, 4.69) is 24.3 Å². The Hall–Kier alpha value is -3.26. The number of nitrogens with one attached hydrogen (secondary N) is 1. The Morgan fingerprint density at radius 1 is 1.09 bits per heavy atom. The van der Waals surface area contributed by atoms with Gasteiger partial charge in [-0.2, -0.15) is 0 Å². The van der Waals surface area contributed by atoms with Gasteiger partial charge in [-0.25, -0.2) is 0 Å². The SMILES string of the molecule is CC(C)C[C@H](NCc1ccc(OCCOc2ccc(O)c(/C=N/O)c2)cc1)C(=O)OC1CCCC1. The number of hydrogen-bond donors (Lipinski definition) is 3. The Labute approximate surface area is 206 Å². The zero-order valence-electron chi connectivity index (χ0n) is 20.5. The van der Waals surface area contributed by atoms with E-state index in [9.17, 15) is 9.90 Å². The Morgan fingerprint density at radius 3 is 2.40 bits per heavy atom. The third kappa shape index (κ3) is 8.79. The van der Waals surface area contributed by atoms with Crippen molar-refractivity contribution in [2.75, 3.05) is 13.2 Å². The molecular formula is C27H36N2O6. The number of carbonyl (C=O) groups is 1. The van der Waals surface area contributed by atoms with Crippen molar-refractivity contribution in [3.8, 4) is 17.2 Å². The summed E-state index contributed by atoms with van der Waals surface area (Å²) in [5.74, 6) is 1.50. The number of ether oxygens (including phenoxy) is 3. The zero-order valence-corrected chi connectivity index (χ0v) is 20.5. The van der Waals surface area contributed by atoms with Crippen LogP contribution in [0.5, 0.6) is 17.2 Å². The first-order valence-electron chi connectivity index (χ1n) is 12.2. The van der Waals surface area contributed by atoms with Gasteiger partial charge in [0.25, 0.3) is 0 Å². The Balaban J connectivity index is 1.43. The number of phenols is 1. The van der Waals surface area contributed by atoms with Gasteiger partial charge in [-0.05, 0) is 73.9 Å². The number of hydrogen-bond acceptors (Lipinski definition) is 8. The molecule has 0 amide bonds. The number of esters is 1. The van der Waals surface area contributed by atoms with E-state index in [0.717, 1.165) is 49.6 Å². The smallest absolute Gasteiger partial charge is 0.323 e. The van der Waals surface area contributed by atoms with E-state index >= 15 is 0 Å². The highest BCUT2D eigenvalue weighted by molar-refractivity contribution is 5.83. The number of oxime groups is 1. The largest absolute Gasteiger partial charge is 0.507 e. The lowest BCUT2D eigenvalue weighted by molar-refractivity contribution is -0.151. The molecule has 8 nitrogen and oxygen atoms in total. The maximum absolute atomic E-state index is 12.7. The second-order valence-corrected chi connectivity index (χ2v) is 9.21. The Morgan fingerprint density at radius 2 is 1.74 bits per heavy atom. The lowest BCUT2D eigenvalue weighted by Crippen LogP contribution is -2.40. The normalized spacial score (nSPS) is 14.9. The van der Waals surface area contributed by atoms with Crippen LogP contribution in [0.15, 0.2) is 47.6 Å². The summed E-state index contributed by atoms with van der Waals surface area (Å²) in [5, 5.41) is 24.6. The van der Waals surface area contributed by atoms with Crippen LogP contribution in [0, 0.1) is 5.92 Å². The molecule has 35 heavy (non-hydrogen) atoms. The predicted octanol–water partition coefficient (Wildman–Crippen LogP) is 4.65. The van der Waals surface area contributed by atoms with E-state index < -0.39 is 0 Å². The fourth-order valence-corrected chi connectivity index (χ4v) is 4.04. The number of phenolic OH excluding ortho intramolecular Hbond substituents is 1. The standard InChI is InChI=1S/C27H36N2O6/c1-19(2)15-25(27(31)35-23-5-3-4-6-23)28-17-20-7-9-22(10-8-20)33-13-14-34-24-11-12-26(30)21(16-24)18-29-32/h7-12,16,18-19,23,25,28,30,32H,3-6,13-15,17H2,1-2H3/b29-18+/t25-/m0/s1. The third-order valence-corrected chi connectivity index (χ3v) is 5.87. The number of aromatic hydroxyl groups is 1. The maximum Gasteiger partial charge on any atom is 0.323 e. The molecule has 0 aromatic heterocycles. The van der Waals surface area contributed by atoms with Crippen molar-refractivity contribution in [1.82, 2.24) is 5.32 Å². The van der Waals surface area contributed by atoms with E-state index in [1.165, 1.54) is 6.07 Å². The summed E-state index contributed by atoms with van der Waals surface area (Å²) in [6, 6.07) is 12.1. The first-order chi connectivity index (χ1) is 16.9. The van der Waals surface area contributed by atoms with Crippen LogP contribution in [0.1, 0.15) is 57.1 Å². The molecule has 0 spiro atoms. The van der Waals surface area contributed by atoms with Gasteiger partial charge < -0.3 is 29.8 Å². The predicted molar refractivity (Wildman–Crippen MR) is 133 cm³/mol. The molecule has 0 heterocycles. The first kappa shape index (κ1) is 26.3. The number of nitrogens with zero attached hydrogens (tertiary/aromatic N) is 1. The second-order valence-electron chi connectivity index (χ2n) is 9.21. The molecule has 3 rings (SSSR count). The molecule has 0 saturated heterocycles. The molecule has 8 heteroatoms.